The lowest BCUT2D eigenvalue weighted by atomic mass is 10.1. The van der Waals surface area contributed by atoms with Gasteiger partial charge in [-0.1, -0.05) is 0 Å². The van der Waals surface area contributed by atoms with Gasteiger partial charge in [-0.15, -0.1) is 0 Å². The van der Waals surface area contributed by atoms with Crippen LogP contribution < -0.4 is 4.74 Å². The molecule has 1 aliphatic rings. The Morgan fingerprint density at radius 3 is 2.36 bits per heavy atom. The molecule has 0 N–H and O–H groups in total. The zero-order valence-electron chi connectivity index (χ0n) is 12.6. The number of rotatable bonds is 4. The topological polar surface area (TPSA) is 80.8 Å². The summed E-state index contributed by atoms with van der Waals surface area (Å²) in [5.74, 6) is -0.358. The molecule has 6 nitrogen and oxygen atoms in total. The molecular formula is C15H19NO5S. The Bertz CT molecular complexity index is 666. The second-order valence-electron chi connectivity index (χ2n) is 5.39. The first-order valence-corrected chi connectivity index (χ1v) is 8.93. The lowest BCUT2D eigenvalue weighted by Crippen LogP contribution is -2.48. The predicted molar refractivity (Wildman–Crippen MR) is 81.3 cm³/mol. The van der Waals surface area contributed by atoms with Crippen LogP contribution in [0.2, 0.25) is 0 Å². The largest absolute Gasteiger partial charge is 0.425 e. The van der Waals surface area contributed by atoms with Gasteiger partial charge < -0.3 is 4.74 Å². The fourth-order valence-electron chi connectivity index (χ4n) is 2.48. The van der Waals surface area contributed by atoms with Gasteiger partial charge in [-0.05, 0) is 50.5 Å². The van der Waals surface area contributed by atoms with Crippen molar-refractivity contribution in [2.24, 2.45) is 0 Å². The average Bonchev–Trinajstić information content (AvgIpc) is 2.47. The molecule has 22 heavy (non-hydrogen) atoms. The van der Waals surface area contributed by atoms with E-state index >= 15 is 0 Å². The third kappa shape index (κ3) is 3.92. The van der Waals surface area contributed by atoms with Gasteiger partial charge in [-0.3, -0.25) is 4.79 Å². The van der Waals surface area contributed by atoms with Crippen molar-refractivity contribution < 1.29 is 22.7 Å². The lowest BCUT2D eigenvalue weighted by Gasteiger charge is -2.31. The van der Waals surface area contributed by atoms with E-state index in [1.807, 2.05) is 0 Å². The van der Waals surface area contributed by atoms with Gasteiger partial charge in [0.25, 0.3) is 0 Å². The molecule has 0 unspecified atom stereocenters. The Kier molecular flexibility index (Phi) is 4.97. The zero-order chi connectivity index (χ0) is 16.3. The average molecular weight is 325 g/mol. The van der Waals surface area contributed by atoms with Gasteiger partial charge in [0.05, 0.1) is 6.26 Å². The van der Waals surface area contributed by atoms with Gasteiger partial charge in [0.15, 0.2) is 5.78 Å². The molecule has 7 heteroatoms. The smallest absolute Gasteiger partial charge is 0.329 e. The van der Waals surface area contributed by atoms with Crippen LogP contribution in [0, 0.1) is 0 Å². The van der Waals surface area contributed by atoms with Gasteiger partial charge in [0.1, 0.15) is 11.8 Å². The fraction of sp³-hybridized carbons (Fsp3) is 0.467. The highest BCUT2D eigenvalue weighted by Gasteiger charge is 2.35. The molecule has 1 aromatic rings. The number of esters is 1. The molecular weight excluding hydrogens is 306 g/mol. The predicted octanol–water partition coefficient (Wildman–Crippen LogP) is 1.61. The molecule has 0 aromatic heterocycles. The molecule has 2 rings (SSSR count). The highest BCUT2D eigenvalue weighted by Crippen LogP contribution is 2.22. The first-order valence-electron chi connectivity index (χ1n) is 7.08. The number of benzene rings is 1. The van der Waals surface area contributed by atoms with Gasteiger partial charge in [0, 0.05) is 12.1 Å². The number of carbonyl (C=O) groups excluding carboxylic acids is 2. The van der Waals surface area contributed by atoms with E-state index in [1.165, 1.54) is 23.4 Å². The van der Waals surface area contributed by atoms with Crippen LogP contribution in [0.15, 0.2) is 24.3 Å². The van der Waals surface area contributed by atoms with Gasteiger partial charge in [0.2, 0.25) is 10.0 Å². The number of Topliss-reactive ketones (excluding diaryl/α,β-unsaturated/α-hetero) is 1. The molecule has 0 amide bonds. The molecule has 0 radical (unpaired) electrons. The Labute approximate surface area is 130 Å². The van der Waals surface area contributed by atoms with Crippen molar-refractivity contribution in [3.05, 3.63) is 29.8 Å². The Hall–Kier alpha value is -1.73. The number of carbonyl (C=O) groups is 2. The Balaban J connectivity index is 2.11. The Morgan fingerprint density at radius 1 is 1.18 bits per heavy atom. The van der Waals surface area contributed by atoms with Crippen LogP contribution in [0.4, 0.5) is 0 Å². The van der Waals surface area contributed by atoms with E-state index in [4.69, 9.17) is 4.74 Å². The van der Waals surface area contributed by atoms with Gasteiger partial charge in [-0.2, -0.15) is 4.31 Å². The summed E-state index contributed by atoms with van der Waals surface area (Å²) in [4.78, 5) is 23.4. The summed E-state index contributed by atoms with van der Waals surface area (Å²) in [6.45, 7) is 1.79. The summed E-state index contributed by atoms with van der Waals surface area (Å²) in [6, 6.07) is 5.42. The first-order chi connectivity index (χ1) is 10.3. The maximum atomic E-state index is 12.2. The van der Waals surface area contributed by atoms with Crippen LogP contribution in [-0.2, 0) is 14.8 Å². The fourth-order valence-corrected chi connectivity index (χ4v) is 3.59. The summed E-state index contributed by atoms with van der Waals surface area (Å²) in [5.41, 5.74) is 0.523. The van der Waals surface area contributed by atoms with Crippen LogP contribution in [0.3, 0.4) is 0 Å². The SMILES string of the molecule is CC(=O)c1ccc(OC(=O)[C@@H]2CCCCN2S(C)(=O)=O)cc1. The first kappa shape index (κ1) is 16.6. The zero-order valence-corrected chi connectivity index (χ0v) is 13.4. The molecule has 1 fully saturated rings. The maximum Gasteiger partial charge on any atom is 0.329 e. The number of ketones is 1. The van der Waals surface area contributed by atoms with E-state index in [0.717, 1.165) is 19.1 Å². The summed E-state index contributed by atoms with van der Waals surface area (Å²) in [5, 5.41) is 0. The maximum absolute atomic E-state index is 12.2. The molecule has 0 bridgehead atoms. The van der Waals surface area contributed by atoms with E-state index in [2.05, 4.69) is 0 Å². The normalized spacial score (nSPS) is 19.6. The van der Waals surface area contributed by atoms with Crippen molar-refractivity contribution in [1.29, 1.82) is 0 Å². The molecule has 0 aliphatic carbocycles. The third-order valence-electron chi connectivity index (χ3n) is 3.63. The van der Waals surface area contributed by atoms with E-state index < -0.39 is 22.0 Å². The van der Waals surface area contributed by atoms with Gasteiger partial charge in [-0.25, -0.2) is 13.2 Å². The molecule has 0 spiro atoms. The van der Waals surface area contributed by atoms with Crippen molar-refractivity contribution >= 4 is 21.8 Å². The van der Waals surface area contributed by atoms with Crippen molar-refractivity contribution in [2.75, 3.05) is 12.8 Å². The van der Waals surface area contributed by atoms with Crippen molar-refractivity contribution in [2.45, 2.75) is 32.2 Å². The second kappa shape index (κ2) is 6.58. The summed E-state index contributed by atoms with van der Waals surface area (Å²) in [6.07, 6.45) is 3.08. The van der Waals surface area contributed by atoms with Crippen molar-refractivity contribution in [3.63, 3.8) is 0 Å². The van der Waals surface area contributed by atoms with Crippen LogP contribution >= 0.6 is 0 Å². The molecule has 120 valence electrons. The number of nitrogens with zero attached hydrogens (tertiary/aromatic N) is 1. The van der Waals surface area contributed by atoms with Crippen LogP contribution in [-0.4, -0.2) is 43.3 Å². The minimum absolute atomic E-state index is 0.0755. The summed E-state index contributed by atoms with van der Waals surface area (Å²) >= 11 is 0. The number of hydrogen-bond acceptors (Lipinski definition) is 5. The molecule has 1 saturated heterocycles. The lowest BCUT2D eigenvalue weighted by molar-refractivity contribution is -0.139. The van der Waals surface area contributed by atoms with E-state index in [9.17, 15) is 18.0 Å². The molecule has 0 saturated carbocycles. The molecule has 1 atom stereocenters. The number of ether oxygens (including phenoxy) is 1. The van der Waals surface area contributed by atoms with E-state index in [0.29, 0.717) is 24.3 Å². The Morgan fingerprint density at radius 2 is 1.82 bits per heavy atom. The monoisotopic (exact) mass is 325 g/mol. The van der Waals surface area contributed by atoms with Gasteiger partial charge >= 0.3 is 5.97 Å². The standard InChI is InChI=1S/C15H19NO5S/c1-11(17)12-6-8-13(9-7-12)21-15(18)14-5-3-4-10-16(14)22(2,19)20/h6-9,14H,3-5,10H2,1-2H3/t14-/m0/s1. The van der Waals surface area contributed by atoms with Crippen LogP contribution in [0.25, 0.3) is 0 Å². The third-order valence-corrected chi connectivity index (χ3v) is 4.92. The van der Waals surface area contributed by atoms with Crippen molar-refractivity contribution in [1.82, 2.24) is 4.31 Å². The van der Waals surface area contributed by atoms with Crippen LogP contribution in [0.1, 0.15) is 36.5 Å². The van der Waals surface area contributed by atoms with E-state index in [1.54, 1.807) is 12.1 Å². The minimum Gasteiger partial charge on any atom is -0.425 e. The molecule has 1 aliphatic heterocycles. The summed E-state index contributed by atoms with van der Waals surface area (Å²) in [7, 11) is -3.44. The number of sulfonamides is 1. The number of hydrogen-bond donors (Lipinski definition) is 0. The van der Waals surface area contributed by atoms with Crippen molar-refractivity contribution in [3.8, 4) is 5.75 Å². The molecule has 1 heterocycles. The number of piperidine rings is 1. The molecule has 1 aromatic carbocycles. The highest BCUT2D eigenvalue weighted by molar-refractivity contribution is 7.88. The van der Waals surface area contributed by atoms with Crippen LogP contribution in [0.5, 0.6) is 5.75 Å². The second-order valence-corrected chi connectivity index (χ2v) is 7.32. The quantitative estimate of drug-likeness (QED) is 0.477. The highest BCUT2D eigenvalue weighted by atomic mass is 32.2. The minimum atomic E-state index is -3.44. The summed E-state index contributed by atoms with van der Waals surface area (Å²) < 4.78 is 30.0. The van der Waals surface area contributed by atoms with E-state index in [-0.39, 0.29) is 5.78 Å².